The van der Waals surface area contributed by atoms with Crippen molar-refractivity contribution in [3.63, 3.8) is 0 Å². The van der Waals surface area contributed by atoms with E-state index < -0.39 is 0 Å². The van der Waals surface area contributed by atoms with E-state index in [-0.39, 0.29) is 17.0 Å². The monoisotopic (exact) mass is 227 g/mol. The summed E-state index contributed by atoms with van der Waals surface area (Å²) < 4.78 is 0. The Morgan fingerprint density at radius 3 is 2.31 bits per heavy atom. The third kappa shape index (κ3) is 3.19. The largest absolute Gasteiger partial charge is 0.327 e. The predicted molar refractivity (Wildman–Crippen MR) is 70.6 cm³/mol. The van der Waals surface area contributed by atoms with Gasteiger partial charge in [0.15, 0.2) is 0 Å². The molecule has 3 nitrogen and oxygen atoms in total. The van der Waals surface area contributed by atoms with E-state index >= 15 is 0 Å². The molecule has 1 heterocycles. The lowest BCUT2D eigenvalue weighted by atomic mass is 9.84. The highest BCUT2D eigenvalue weighted by Gasteiger charge is 2.34. The van der Waals surface area contributed by atoms with Gasteiger partial charge < -0.3 is 5.73 Å². The summed E-state index contributed by atoms with van der Waals surface area (Å²) in [6.07, 6.45) is 0. The van der Waals surface area contributed by atoms with E-state index in [9.17, 15) is 0 Å². The number of rotatable bonds is 3. The highest BCUT2D eigenvalue weighted by Crippen LogP contribution is 2.25. The standard InChI is InChI=1S/C13H29N3/c1-11(14)12(2,3)9-16-8-7-15(6)13(4,5)10-16/h11H,7-10,14H2,1-6H3. The fourth-order valence-corrected chi connectivity index (χ4v) is 2.20. The van der Waals surface area contributed by atoms with Gasteiger partial charge in [-0.2, -0.15) is 0 Å². The minimum absolute atomic E-state index is 0.200. The molecule has 3 heteroatoms. The molecule has 16 heavy (non-hydrogen) atoms. The summed E-state index contributed by atoms with van der Waals surface area (Å²) in [7, 11) is 2.22. The molecule has 0 spiro atoms. The number of nitrogens with zero attached hydrogens (tertiary/aromatic N) is 2. The van der Waals surface area contributed by atoms with E-state index in [1.165, 1.54) is 0 Å². The van der Waals surface area contributed by atoms with Crippen molar-refractivity contribution in [3.05, 3.63) is 0 Å². The van der Waals surface area contributed by atoms with Gasteiger partial charge in [-0.05, 0) is 33.2 Å². The van der Waals surface area contributed by atoms with Gasteiger partial charge in [-0.15, -0.1) is 0 Å². The first kappa shape index (κ1) is 13.9. The Kier molecular flexibility index (Phi) is 4.04. The van der Waals surface area contributed by atoms with Crippen LogP contribution in [0, 0.1) is 5.41 Å². The Labute approximate surface area is 101 Å². The Hall–Kier alpha value is -0.120. The van der Waals surface area contributed by atoms with Crippen LogP contribution in [0.5, 0.6) is 0 Å². The molecule has 1 rings (SSSR count). The van der Waals surface area contributed by atoms with Crippen molar-refractivity contribution in [2.45, 2.75) is 46.2 Å². The molecular weight excluding hydrogens is 198 g/mol. The Balaban J connectivity index is 2.58. The molecule has 0 aromatic rings. The first-order valence-corrected chi connectivity index (χ1v) is 6.34. The molecule has 1 aliphatic rings. The fraction of sp³-hybridized carbons (Fsp3) is 1.00. The molecule has 0 aliphatic carbocycles. The summed E-state index contributed by atoms with van der Waals surface area (Å²) in [6, 6.07) is 0.246. The molecule has 1 fully saturated rings. The Morgan fingerprint density at radius 1 is 1.31 bits per heavy atom. The SMILES string of the molecule is CC(N)C(C)(C)CN1CCN(C)C(C)(C)C1. The third-order valence-electron chi connectivity index (χ3n) is 4.26. The lowest BCUT2D eigenvalue weighted by molar-refractivity contribution is 0.0184. The maximum atomic E-state index is 6.05. The van der Waals surface area contributed by atoms with Gasteiger partial charge in [0, 0.05) is 37.8 Å². The number of piperazine rings is 1. The highest BCUT2D eigenvalue weighted by atomic mass is 15.3. The Bertz CT molecular complexity index is 233. The second-order valence-corrected chi connectivity index (χ2v) is 6.72. The molecule has 1 unspecified atom stereocenters. The first-order valence-electron chi connectivity index (χ1n) is 6.34. The van der Waals surface area contributed by atoms with E-state index in [2.05, 4.69) is 51.5 Å². The summed E-state index contributed by atoms with van der Waals surface area (Å²) in [5.74, 6) is 0. The van der Waals surface area contributed by atoms with E-state index in [1.54, 1.807) is 0 Å². The molecule has 2 N–H and O–H groups in total. The van der Waals surface area contributed by atoms with Gasteiger partial charge in [-0.25, -0.2) is 0 Å². The summed E-state index contributed by atoms with van der Waals surface area (Å²) in [4.78, 5) is 5.01. The van der Waals surface area contributed by atoms with Crippen LogP contribution < -0.4 is 5.73 Å². The first-order chi connectivity index (χ1) is 7.15. The van der Waals surface area contributed by atoms with Crippen LogP contribution in [0.15, 0.2) is 0 Å². The molecule has 96 valence electrons. The average Bonchev–Trinajstić information content (AvgIpc) is 2.10. The van der Waals surface area contributed by atoms with E-state index in [0.717, 1.165) is 26.2 Å². The molecule has 0 aromatic carbocycles. The van der Waals surface area contributed by atoms with E-state index in [1.807, 2.05) is 0 Å². The topological polar surface area (TPSA) is 32.5 Å². The normalized spacial score (nSPS) is 25.7. The van der Waals surface area contributed by atoms with Crippen LogP contribution in [-0.4, -0.2) is 54.6 Å². The van der Waals surface area contributed by atoms with Crippen molar-refractivity contribution in [1.29, 1.82) is 0 Å². The fourth-order valence-electron chi connectivity index (χ4n) is 2.20. The van der Waals surface area contributed by atoms with Gasteiger partial charge in [0.1, 0.15) is 0 Å². The van der Waals surface area contributed by atoms with Crippen LogP contribution in [0.1, 0.15) is 34.6 Å². The van der Waals surface area contributed by atoms with Gasteiger partial charge in [0.25, 0.3) is 0 Å². The number of likely N-dealkylation sites (N-methyl/N-ethyl adjacent to an activating group) is 1. The van der Waals surface area contributed by atoms with Crippen molar-refractivity contribution in [2.24, 2.45) is 11.1 Å². The summed E-state index contributed by atoms with van der Waals surface area (Å²) >= 11 is 0. The van der Waals surface area contributed by atoms with Crippen LogP contribution in [0.2, 0.25) is 0 Å². The van der Waals surface area contributed by atoms with Crippen molar-refractivity contribution in [3.8, 4) is 0 Å². The molecule has 0 radical (unpaired) electrons. The Morgan fingerprint density at radius 2 is 1.88 bits per heavy atom. The molecule has 1 atom stereocenters. The summed E-state index contributed by atoms with van der Waals surface area (Å²) in [5.41, 5.74) is 6.53. The van der Waals surface area contributed by atoms with Gasteiger partial charge in [-0.3, -0.25) is 9.80 Å². The minimum atomic E-state index is 0.200. The number of hydrogen-bond donors (Lipinski definition) is 1. The van der Waals surface area contributed by atoms with Crippen LogP contribution in [-0.2, 0) is 0 Å². The van der Waals surface area contributed by atoms with Crippen molar-refractivity contribution >= 4 is 0 Å². The summed E-state index contributed by atoms with van der Waals surface area (Å²) in [5, 5.41) is 0. The lowest BCUT2D eigenvalue weighted by Gasteiger charge is -2.47. The molecule has 0 amide bonds. The molecule has 0 aromatic heterocycles. The number of hydrogen-bond acceptors (Lipinski definition) is 3. The van der Waals surface area contributed by atoms with E-state index in [4.69, 9.17) is 5.73 Å². The zero-order valence-corrected chi connectivity index (χ0v) is 11.9. The van der Waals surface area contributed by atoms with Gasteiger partial charge >= 0.3 is 0 Å². The molecule has 0 saturated carbocycles. The zero-order valence-electron chi connectivity index (χ0n) is 11.9. The van der Waals surface area contributed by atoms with Gasteiger partial charge in [0.2, 0.25) is 0 Å². The van der Waals surface area contributed by atoms with Gasteiger partial charge in [0.05, 0.1) is 0 Å². The molecule has 1 aliphatic heterocycles. The lowest BCUT2D eigenvalue weighted by Crippen LogP contribution is -2.59. The predicted octanol–water partition coefficient (Wildman–Crippen LogP) is 1.39. The number of nitrogens with two attached hydrogens (primary N) is 1. The maximum absolute atomic E-state index is 6.05. The molecular formula is C13H29N3. The van der Waals surface area contributed by atoms with Crippen LogP contribution in [0.3, 0.4) is 0 Å². The van der Waals surface area contributed by atoms with Crippen molar-refractivity contribution < 1.29 is 0 Å². The summed E-state index contributed by atoms with van der Waals surface area (Å²) in [6.45, 7) is 15.8. The molecule has 0 bridgehead atoms. The third-order valence-corrected chi connectivity index (χ3v) is 4.26. The molecule has 1 saturated heterocycles. The smallest absolute Gasteiger partial charge is 0.0277 e. The van der Waals surface area contributed by atoms with Crippen molar-refractivity contribution in [1.82, 2.24) is 9.80 Å². The minimum Gasteiger partial charge on any atom is -0.327 e. The second kappa shape index (κ2) is 4.63. The quantitative estimate of drug-likeness (QED) is 0.791. The zero-order chi connectivity index (χ0) is 12.6. The van der Waals surface area contributed by atoms with Crippen molar-refractivity contribution in [2.75, 3.05) is 33.2 Å². The highest BCUT2D eigenvalue weighted by molar-refractivity contribution is 4.91. The van der Waals surface area contributed by atoms with Crippen LogP contribution >= 0.6 is 0 Å². The van der Waals surface area contributed by atoms with E-state index in [0.29, 0.717) is 0 Å². The average molecular weight is 227 g/mol. The van der Waals surface area contributed by atoms with Crippen LogP contribution in [0.4, 0.5) is 0 Å². The second-order valence-electron chi connectivity index (χ2n) is 6.72. The van der Waals surface area contributed by atoms with Crippen LogP contribution in [0.25, 0.3) is 0 Å². The van der Waals surface area contributed by atoms with Gasteiger partial charge in [-0.1, -0.05) is 13.8 Å². The maximum Gasteiger partial charge on any atom is 0.0277 e.